The van der Waals surface area contributed by atoms with Crippen LogP contribution in [-0.2, 0) is 4.74 Å². The molecule has 2 unspecified atom stereocenters. The van der Waals surface area contributed by atoms with E-state index in [-0.39, 0.29) is 17.9 Å². The van der Waals surface area contributed by atoms with Crippen LogP contribution in [0.1, 0.15) is 36.0 Å². The fraction of sp³-hybridized carbons (Fsp3) is 0.471. The number of piperidine rings is 1. The van der Waals surface area contributed by atoms with Crippen LogP contribution in [0.5, 0.6) is 0 Å². The normalized spacial score (nSPS) is 28.2. The lowest BCUT2D eigenvalue weighted by atomic mass is 10.0. The van der Waals surface area contributed by atoms with Crippen molar-refractivity contribution in [2.24, 2.45) is 0 Å². The molecule has 0 amide bonds. The van der Waals surface area contributed by atoms with Crippen LogP contribution < -0.4 is 0 Å². The van der Waals surface area contributed by atoms with Crippen LogP contribution in [0.3, 0.4) is 0 Å². The Balaban J connectivity index is 1.53. The first-order chi connectivity index (χ1) is 10.6. The van der Waals surface area contributed by atoms with Gasteiger partial charge in [0.1, 0.15) is 11.9 Å². The molecule has 1 N–H and O–H groups in total. The number of H-pyrrole nitrogens is 1. The van der Waals surface area contributed by atoms with E-state index in [0.29, 0.717) is 23.0 Å². The number of fused-ring (bicyclic) bond motifs is 3. The maximum Gasteiger partial charge on any atom is 0.340 e. The first kappa shape index (κ1) is 13.8. The molecule has 2 aromatic rings. The molecule has 0 radical (unpaired) electrons. The molecule has 1 aromatic heterocycles. The van der Waals surface area contributed by atoms with E-state index in [1.807, 2.05) is 0 Å². The first-order valence-electron chi connectivity index (χ1n) is 7.81. The van der Waals surface area contributed by atoms with E-state index < -0.39 is 0 Å². The van der Waals surface area contributed by atoms with E-state index in [2.05, 4.69) is 16.9 Å². The maximum absolute atomic E-state index is 13.4. The molecule has 0 spiro atoms. The standard InChI is InChI=1S/C17H19FN2O2/c1-20-11-3-4-12(20)8-13(7-11)22-17(21)15-9-19-16-5-2-10(18)6-14(15)16/h2,5-6,9,11-13,19H,3-4,7-8H2,1H3. The summed E-state index contributed by atoms with van der Waals surface area (Å²) in [5.74, 6) is -0.704. The van der Waals surface area contributed by atoms with Crippen molar-refractivity contribution >= 4 is 16.9 Å². The van der Waals surface area contributed by atoms with Crippen molar-refractivity contribution in [3.63, 3.8) is 0 Å². The molecule has 2 fully saturated rings. The third-order valence-corrected chi connectivity index (χ3v) is 5.19. The van der Waals surface area contributed by atoms with E-state index in [1.165, 1.54) is 25.0 Å². The Morgan fingerprint density at radius 1 is 1.32 bits per heavy atom. The number of aromatic nitrogens is 1. The zero-order valence-electron chi connectivity index (χ0n) is 12.5. The van der Waals surface area contributed by atoms with Crippen molar-refractivity contribution < 1.29 is 13.9 Å². The van der Waals surface area contributed by atoms with E-state index >= 15 is 0 Å². The number of ether oxygens (including phenoxy) is 1. The molecule has 1 aromatic carbocycles. The second kappa shape index (κ2) is 5.09. The van der Waals surface area contributed by atoms with Crippen LogP contribution in [0, 0.1) is 5.82 Å². The molecule has 4 rings (SSSR count). The fourth-order valence-electron chi connectivity index (χ4n) is 3.93. The van der Waals surface area contributed by atoms with Gasteiger partial charge in [-0.25, -0.2) is 9.18 Å². The van der Waals surface area contributed by atoms with Gasteiger partial charge in [0, 0.05) is 42.0 Å². The predicted octanol–water partition coefficient (Wildman–Crippen LogP) is 3.09. The molecule has 4 nitrogen and oxygen atoms in total. The van der Waals surface area contributed by atoms with Crippen LogP contribution in [-0.4, -0.2) is 41.1 Å². The molecule has 0 aliphatic carbocycles. The number of halogens is 1. The molecule has 3 heterocycles. The van der Waals surface area contributed by atoms with Crippen LogP contribution in [0.25, 0.3) is 10.9 Å². The number of carbonyl (C=O) groups excluding carboxylic acids is 1. The smallest absolute Gasteiger partial charge is 0.340 e. The minimum Gasteiger partial charge on any atom is -0.459 e. The predicted molar refractivity (Wildman–Crippen MR) is 81.3 cm³/mol. The van der Waals surface area contributed by atoms with Crippen molar-refractivity contribution in [1.82, 2.24) is 9.88 Å². The highest BCUT2D eigenvalue weighted by Gasteiger charge is 2.40. The van der Waals surface area contributed by atoms with Gasteiger partial charge in [0.2, 0.25) is 0 Å². The third-order valence-electron chi connectivity index (χ3n) is 5.19. The summed E-state index contributed by atoms with van der Waals surface area (Å²) in [4.78, 5) is 17.8. The van der Waals surface area contributed by atoms with Crippen LogP contribution >= 0.6 is 0 Å². The van der Waals surface area contributed by atoms with Crippen LogP contribution in [0.2, 0.25) is 0 Å². The molecule has 116 valence electrons. The number of benzene rings is 1. The number of hydrogen-bond acceptors (Lipinski definition) is 3. The lowest BCUT2D eigenvalue weighted by molar-refractivity contribution is -0.000258. The van der Waals surface area contributed by atoms with Crippen molar-refractivity contribution in [1.29, 1.82) is 0 Å². The summed E-state index contributed by atoms with van der Waals surface area (Å²) in [6.45, 7) is 0. The molecule has 5 heteroatoms. The van der Waals surface area contributed by atoms with E-state index in [1.54, 1.807) is 12.3 Å². The molecular weight excluding hydrogens is 283 g/mol. The molecule has 2 bridgehead atoms. The number of rotatable bonds is 2. The average molecular weight is 302 g/mol. The van der Waals surface area contributed by atoms with Gasteiger partial charge in [-0.15, -0.1) is 0 Å². The highest BCUT2D eigenvalue weighted by atomic mass is 19.1. The minimum atomic E-state index is -0.356. The van der Waals surface area contributed by atoms with E-state index in [0.717, 1.165) is 18.4 Å². The molecule has 2 aliphatic heterocycles. The summed E-state index contributed by atoms with van der Waals surface area (Å²) in [7, 11) is 2.16. The SMILES string of the molecule is CN1C2CCC1CC(OC(=O)c1c[nH]c3ccc(F)cc13)C2. The Kier molecular flexibility index (Phi) is 3.18. The second-order valence-electron chi connectivity index (χ2n) is 6.44. The number of esters is 1. The molecule has 2 saturated heterocycles. The lowest BCUT2D eigenvalue weighted by Gasteiger charge is -2.35. The molecule has 2 atom stereocenters. The summed E-state index contributed by atoms with van der Waals surface area (Å²) in [6.07, 6.45) is 5.75. The van der Waals surface area contributed by atoms with Crippen molar-refractivity contribution in [2.45, 2.75) is 43.9 Å². The van der Waals surface area contributed by atoms with Crippen molar-refractivity contribution in [2.75, 3.05) is 7.05 Å². The maximum atomic E-state index is 13.4. The quantitative estimate of drug-likeness (QED) is 0.867. The Labute approximate surface area is 128 Å². The number of nitrogens with zero attached hydrogens (tertiary/aromatic N) is 1. The lowest BCUT2D eigenvalue weighted by Crippen LogP contribution is -2.43. The molecular formula is C17H19FN2O2. The summed E-state index contributed by atoms with van der Waals surface area (Å²) >= 11 is 0. The van der Waals surface area contributed by atoms with Gasteiger partial charge in [-0.1, -0.05) is 0 Å². The Morgan fingerprint density at radius 2 is 2.05 bits per heavy atom. The largest absolute Gasteiger partial charge is 0.459 e. The third kappa shape index (κ3) is 2.20. The van der Waals surface area contributed by atoms with E-state index in [4.69, 9.17) is 4.74 Å². The molecule has 22 heavy (non-hydrogen) atoms. The van der Waals surface area contributed by atoms with Crippen molar-refractivity contribution in [3.8, 4) is 0 Å². The number of nitrogens with one attached hydrogen (secondary N) is 1. The van der Waals surface area contributed by atoms with E-state index in [9.17, 15) is 9.18 Å². The summed E-state index contributed by atoms with van der Waals surface area (Å²) < 4.78 is 19.1. The highest BCUT2D eigenvalue weighted by Crippen LogP contribution is 2.36. The zero-order valence-corrected chi connectivity index (χ0v) is 12.5. The van der Waals surface area contributed by atoms with Gasteiger partial charge in [-0.2, -0.15) is 0 Å². The van der Waals surface area contributed by atoms with Gasteiger partial charge in [0.15, 0.2) is 0 Å². The Hall–Kier alpha value is -1.88. The van der Waals surface area contributed by atoms with Gasteiger partial charge in [-0.3, -0.25) is 0 Å². The number of carbonyl (C=O) groups is 1. The highest BCUT2D eigenvalue weighted by molar-refractivity contribution is 6.04. The topological polar surface area (TPSA) is 45.3 Å². The number of aromatic amines is 1. The Morgan fingerprint density at radius 3 is 2.77 bits per heavy atom. The molecule has 2 aliphatic rings. The van der Waals surface area contributed by atoms with Gasteiger partial charge >= 0.3 is 5.97 Å². The average Bonchev–Trinajstić information content (AvgIpc) is 2.97. The van der Waals surface area contributed by atoms with Crippen molar-refractivity contribution in [3.05, 3.63) is 35.8 Å². The summed E-state index contributed by atoms with van der Waals surface area (Å²) in [6, 6.07) is 5.44. The second-order valence-corrected chi connectivity index (χ2v) is 6.44. The first-order valence-corrected chi connectivity index (χ1v) is 7.81. The summed E-state index contributed by atoms with van der Waals surface area (Å²) in [5, 5.41) is 0.584. The van der Waals surface area contributed by atoms with Gasteiger partial charge in [0.25, 0.3) is 0 Å². The van der Waals surface area contributed by atoms with Gasteiger partial charge in [-0.05, 0) is 38.1 Å². The van der Waals surface area contributed by atoms with Gasteiger partial charge in [0.05, 0.1) is 5.56 Å². The monoisotopic (exact) mass is 302 g/mol. The summed E-state index contributed by atoms with van der Waals surface area (Å²) in [5.41, 5.74) is 1.16. The fourth-order valence-corrected chi connectivity index (χ4v) is 3.93. The minimum absolute atomic E-state index is 0.0280. The van der Waals surface area contributed by atoms with Crippen LogP contribution in [0.4, 0.5) is 4.39 Å². The molecule has 0 saturated carbocycles. The van der Waals surface area contributed by atoms with Crippen LogP contribution in [0.15, 0.2) is 24.4 Å². The zero-order chi connectivity index (χ0) is 15.3. The Bertz CT molecular complexity index is 713. The number of hydrogen-bond donors (Lipinski definition) is 1. The van der Waals surface area contributed by atoms with Gasteiger partial charge < -0.3 is 14.6 Å².